The summed E-state index contributed by atoms with van der Waals surface area (Å²) >= 11 is 0. The summed E-state index contributed by atoms with van der Waals surface area (Å²) in [7, 11) is 3.75. The molecule has 2 saturated heterocycles. The standard InChI is InChI=1S/C27H39N3O4/c1-28(19-23-3-7-25(32-2)8-4-23)21-27(31)11-12-30(22-27)20-24-5-9-26(10-6-24)34-18-15-29-13-16-33-17-14-29/h3-10,31H,11-22H2,1-2H3/t27-/m0/s1. The second-order valence-corrected chi connectivity index (χ2v) is 9.65. The first kappa shape index (κ1) is 24.9. The highest BCUT2D eigenvalue weighted by atomic mass is 16.5. The van der Waals surface area contributed by atoms with Gasteiger partial charge in [0.1, 0.15) is 18.1 Å². The molecule has 0 aromatic heterocycles. The van der Waals surface area contributed by atoms with E-state index < -0.39 is 5.60 Å². The molecule has 0 saturated carbocycles. The lowest BCUT2D eigenvalue weighted by molar-refractivity contribution is 0.0162. The number of ether oxygens (including phenoxy) is 3. The Hall–Kier alpha value is -2.16. The van der Waals surface area contributed by atoms with Crippen molar-refractivity contribution >= 4 is 0 Å². The molecule has 7 nitrogen and oxygen atoms in total. The zero-order chi connectivity index (χ0) is 23.8. The summed E-state index contributed by atoms with van der Waals surface area (Å²) in [4.78, 5) is 6.92. The summed E-state index contributed by atoms with van der Waals surface area (Å²) in [6, 6.07) is 16.5. The smallest absolute Gasteiger partial charge is 0.119 e. The molecule has 2 heterocycles. The molecule has 0 spiro atoms. The van der Waals surface area contributed by atoms with Gasteiger partial charge in [-0.2, -0.15) is 0 Å². The molecule has 7 heteroatoms. The van der Waals surface area contributed by atoms with Gasteiger partial charge in [-0.15, -0.1) is 0 Å². The normalized spacial score (nSPS) is 21.8. The maximum atomic E-state index is 11.2. The molecule has 0 radical (unpaired) electrons. The van der Waals surface area contributed by atoms with Crippen LogP contribution in [0, 0.1) is 0 Å². The summed E-state index contributed by atoms with van der Waals surface area (Å²) in [6.45, 7) is 9.15. The van der Waals surface area contributed by atoms with Crippen molar-refractivity contribution in [2.75, 3.05) is 73.2 Å². The lowest BCUT2D eigenvalue weighted by atomic mass is 10.0. The van der Waals surface area contributed by atoms with E-state index in [9.17, 15) is 5.11 Å². The van der Waals surface area contributed by atoms with E-state index >= 15 is 0 Å². The summed E-state index contributed by atoms with van der Waals surface area (Å²) in [5.41, 5.74) is 1.79. The number of nitrogens with zero attached hydrogens (tertiary/aromatic N) is 3. The maximum absolute atomic E-state index is 11.2. The van der Waals surface area contributed by atoms with E-state index in [0.29, 0.717) is 19.7 Å². The Morgan fingerprint density at radius 2 is 1.62 bits per heavy atom. The van der Waals surface area contributed by atoms with Crippen LogP contribution in [0.1, 0.15) is 17.5 Å². The van der Waals surface area contributed by atoms with Crippen LogP contribution >= 0.6 is 0 Å². The number of likely N-dealkylation sites (tertiary alicyclic amines) is 1. The van der Waals surface area contributed by atoms with Crippen molar-refractivity contribution in [3.05, 3.63) is 59.7 Å². The van der Waals surface area contributed by atoms with Crippen molar-refractivity contribution in [2.45, 2.75) is 25.1 Å². The first-order valence-corrected chi connectivity index (χ1v) is 12.3. The molecule has 0 unspecified atom stereocenters. The zero-order valence-electron chi connectivity index (χ0n) is 20.6. The van der Waals surface area contributed by atoms with Gasteiger partial charge >= 0.3 is 0 Å². The van der Waals surface area contributed by atoms with E-state index in [1.165, 1.54) is 11.1 Å². The van der Waals surface area contributed by atoms with Gasteiger partial charge < -0.3 is 19.3 Å². The lowest BCUT2D eigenvalue weighted by Gasteiger charge is -2.29. The van der Waals surface area contributed by atoms with Gasteiger partial charge in [0.05, 0.1) is 25.9 Å². The van der Waals surface area contributed by atoms with Crippen LogP contribution < -0.4 is 9.47 Å². The fourth-order valence-corrected chi connectivity index (χ4v) is 4.87. The zero-order valence-corrected chi connectivity index (χ0v) is 20.6. The molecule has 0 aliphatic carbocycles. The predicted molar refractivity (Wildman–Crippen MR) is 133 cm³/mol. The Bertz CT molecular complexity index is 870. The average molecular weight is 470 g/mol. The molecule has 1 N–H and O–H groups in total. The van der Waals surface area contributed by atoms with E-state index in [1.807, 2.05) is 12.1 Å². The van der Waals surface area contributed by atoms with E-state index in [1.54, 1.807) is 7.11 Å². The number of benzene rings is 2. The second-order valence-electron chi connectivity index (χ2n) is 9.65. The van der Waals surface area contributed by atoms with Crippen LogP contribution in [0.3, 0.4) is 0 Å². The molecule has 0 amide bonds. The third kappa shape index (κ3) is 7.42. The van der Waals surface area contributed by atoms with Crippen LogP contribution in [0.15, 0.2) is 48.5 Å². The fourth-order valence-electron chi connectivity index (χ4n) is 4.87. The third-order valence-electron chi connectivity index (χ3n) is 6.70. The summed E-state index contributed by atoms with van der Waals surface area (Å²) in [5, 5.41) is 11.2. The van der Waals surface area contributed by atoms with Crippen molar-refractivity contribution in [3.8, 4) is 11.5 Å². The Labute approximate surface area is 203 Å². The minimum absolute atomic E-state index is 0.658. The van der Waals surface area contributed by atoms with Crippen LogP contribution in [0.25, 0.3) is 0 Å². The van der Waals surface area contributed by atoms with Crippen LogP contribution in [0.2, 0.25) is 0 Å². The minimum Gasteiger partial charge on any atom is -0.497 e. The van der Waals surface area contributed by atoms with Crippen LogP contribution in [-0.4, -0.2) is 98.7 Å². The number of morpholine rings is 1. The largest absolute Gasteiger partial charge is 0.497 e. The summed E-state index contributed by atoms with van der Waals surface area (Å²) in [5.74, 6) is 1.78. The number of hydrogen-bond donors (Lipinski definition) is 1. The lowest BCUT2D eigenvalue weighted by Crippen LogP contribution is -2.43. The number of hydrogen-bond acceptors (Lipinski definition) is 7. The number of likely N-dealkylation sites (N-methyl/N-ethyl adjacent to an activating group) is 1. The van der Waals surface area contributed by atoms with Crippen molar-refractivity contribution < 1.29 is 19.3 Å². The molecule has 2 fully saturated rings. The monoisotopic (exact) mass is 469 g/mol. The Morgan fingerprint density at radius 3 is 2.32 bits per heavy atom. The number of β-amino-alcohol motifs (C(OH)–C–C–N with tert-alkyl or cyclic N) is 1. The first-order valence-electron chi connectivity index (χ1n) is 12.3. The second kappa shape index (κ2) is 12.0. The van der Waals surface area contributed by atoms with Crippen molar-refractivity contribution in [2.24, 2.45) is 0 Å². The minimum atomic E-state index is -0.677. The Kier molecular flexibility index (Phi) is 8.80. The Balaban J connectivity index is 1.19. The van der Waals surface area contributed by atoms with Crippen LogP contribution in [-0.2, 0) is 17.8 Å². The van der Waals surface area contributed by atoms with Gasteiger partial charge in [0, 0.05) is 52.4 Å². The highest BCUT2D eigenvalue weighted by Crippen LogP contribution is 2.25. The molecule has 4 rings (SSSR count). The molecule has 1 atom stereocenters. The van der Waals surface area contributed by atoms with Gasteiger partial charge in [-0.3, -0.25) is 14.7 Å². The van der Waals surface area contributed by atoms with Crippen molar-refractivity contribution in [1.82, 2.24) is 14.7 Å². The van der Waals surface area contributed by atoms with Crippen molar-refractivity contribution in [1.29, 1.82) is 0 Å². The predicted octanol–water partition coefficient (Wildman–Crippen LogP) is 2.48. The highest BCUT2D eigenvalue weighted by molar-refractivity contribution is 5.28. The van der Waals surface area contributed by atoms with Gasteiger partial charge in [-0.05, 0) is 48.9 Å². The first-order chi connectivity index (χ1) is 16.5. The molecular weight excluding hydrogens is 430 g/mol. The van der Waals surface area contributed by atoms with Gasteiger partial charge in [0.15, 0.2) is 0 Å². The van der Waals surface area contributed by atoms with Gasteiger partial charge in [-0.1, -0.05) is 24.3 Å². The fraction of sp³-hybridized carbons (Fsp3) is 0.556. The van der Waals surface area contributed by atoms with Gasteiger partial charge in [0.25, 0.3) is 0 Å². The highest BCUT2D eigenvalue weighted by Gasteiger charge is 2.36. The van der Waals surface area contributed by atoms with E-state index in [0.717, 1.165) is 70.4 Å². The van der Waals surface area contributed by atoms with Gasteiger partial charge in [-0.25, -0.2) is 0 Å². The Morgan fingerprint density at radius 1 is 0.941 bits per heavy atom. The number of methoxy groups -OCH3 is 1. The number of rotatable bonds is 11. The molecule has 2 aliphatic rings. The van der Waals surface area contributed by atoms with Gasteiger partial charge in [0.2, 0.25) is 0 Å². The average Bonchev–Trinajstić information content (AvgIpc) is 3.21. The van der Waals surface area contributed by atoms with E-state index in [4.69, 9.17) is 14.2 Å². The van der Waals surface area contributed by atoms with Crippen molar-refractivity contribution in [3.63, 3.8) is 0 Å². The van der Waals surface area contributed by atoms with Crippen LogP contribution in [0.5, 0.6) is 11.5 Å². The third-order valence-corrected chi connectivity index (χ3v) is 6.70. The molecule has 34 heavy (non-hydrogen) atoms. The maximum Gasteiger partial charge on any atom is 0.119 e. The van der Waals surface area contributed by atoms with E-state index in [2.05, 4.69) is 58.1 Å². The molecule has 186 valence electrons. The summed E-state index contributed by atoms with van der Waals surface area (Å²) < 4.78 is 16.5. The SMILES string of the molecule is COc1ccc(CN(C)C[C@@]2(O)CCN(Cc3ccc(OCCN4CCOCC4)cc3)C2)cc1. The quantitative estimate of drug-likeness (QED) is 0.543. The summed E-state index contributed by atoms with van der Waals surface area (Å²) in [6.07, 6.45) is 0.794. The molecule has 2 aromatic carbocycles. The number of aliphatic hydroxyl groups is 1. The van der Waals surface area contributed by atoms with E-state index in [-0.39, 0.29) is 0 Å². The molecule has 2 aromatic rings. The molecule has 0 bridgehead atoms. The molecule has 2 aliphatic heterocycles. The topological polar surface area (TPSA) is 57.6 Å². The van der Waals surface area contributed by atoms with Crippen LogP contribution in [0.4, 0.5) is 0 Å². The molecular formula is C27H39N3O4.